The van der Waals surface area contributed by atoms with Crippen LogP contribution in [0.4, 0.5) is 5.69 Å². The van der Waals surface area contributed by atoms with Crippen LogP contribution in [0.1, 0.15) is 16.7 Å². The van der Waals surface area contributed by atoms with E-state index in [-0.39, 0.29) is 12.5 Å². The van der Waals surface area contributed by atoms with Crippen LogP contribution in [0.5, 0.6) is 11.5 Å². The van der Waals surface area contributed by atoms with E-state index in [1.165, 1.54) is 11.1 Å². The van der Waals surface area contributed by atoms with Gasteiger partial charge in [-0.15, -0.1) is 0 Å². The number of carbonyl (C=O) groups excluding carboxylic acids is 1. The third-order valence-corrected chi connectivity index (χ3v) is 3.86. The second-order valence-corrected chi connectivity index (χ2v) is 6.02. The van der Waals surface area contributed by atoms with Gasteiger partial charge in [-0.05, 0) is 61.2 Å². The van der Waals surface area contributed by atoms with Crippen LogP contribution < -0.4 is 20.1 Å². The van der Waals surface area contributed by atoms with E-state index in [1.54, 1.807) is 14.2 Å². The number of carbonyl (C=O) groups is 1. The van der Waals surface area contributed by atoms with Crippen LogP contribution in [-0.4, -0.2) is 33.2 Å². The summed E-state index contributed by atoms with van der Waals surface area (Å²) in [4.78, 5) is 12.0. The van der Waals surface area contributed by atoms with Gasteiger partial charge in [0.1, 0.15) is 0 Å². The molecule has 0 saturated carbocycles. The third kappa shape index (κ3) is 5.71. The van der Waals surface area contributed by atoms with Crippen molar-refractivity contribution in [2.45, 2.75) is 20.3 Å². The molecule has 5 heteroatoms. The second-order valence-electron chi connectivity index (χ2n) is 6.02. The molecule has 2 aromatic rings. The fourth-order valence-electron chi connectivity index (χ4n) is 2.70. The summed E-state index contributed by atoms with van der Waals surface area (Å²) >= 11 is 0. The van der Waals surface area contributed by atoms with Gasteiger partial charge in [-0.2, -0.15) is 0 Å². The number of methoxy groups -OCH3 is 2. The molecule has 0 atom stereocenters. The molecule has 0 saturated heterocycles. The maximum Gasteiger partial charge on any atom is 0.239 e. The SMILES string of the molecule is COc1ccc(CCNC(=O)CNc2cc(C)cc(C)c2)cc1OC. The van der Waals surface area contributed by atoms with E-state index in [0.717, 1.165) is 17.7 Å². The van der Waals surface area contributed by atoms with Crippen molar-refractivity contribution in [3.05, 3.63) is 53.1 Å². The monoisotopic (exact) mass is 342 g/mol. The Hall–Kier alpha value is -2.69. The zero-order valence-electron chi connectivity index (χ0n) is 15.3. The number of amides is 1. The van der Waals surface area contributed by atoms with Crippen molar-refractivity contribution in [3.8, 4) is 11.5 Å². The summed E-state index contributed by atoms with van der Waals surface area (Å²) < 4.78 is 10.5. The fraction of sp³-hybridized carbons (Fsp3) is 0.350. The Morgan fingerprint density at radius 2 is 1.64 bits per heavy atom. The number of nitrogens with one attached hydrogen (secondary N) is 2. The highest BCUT2D eigenvalue weighted by Crippen LogP contribution is 2.27. The highest BCUT2D eigenvalue weighted by Gasteiger charge is 2.06. The zero-order valence-corrected chi connectivity index (χ0v) is 15.3. The average molecular weight is 342 g/mol. The Kier molecular flexibility index (Phi) is 6.69. The summed E-state index contributed by atoms with van der Waals surface area (Å²) in [5.41, 5.74) is 4.40. The van der Waals surface area contributed by atoms with Crippen molar-refractivity contribution in [1.82, 2.24) is 5.32 Å². The van der Waals surface area contributed by atoms with Crippen molar-refractivity contribution < 1.29 is 14.3 Å². The number of aryl methyl sites for hydroxylation is 2. The van der Waals surface area contributed by atoms with E-state index in [1.807, 2.05) is 44.2 Å². The topological polar surface area (TPSA) is 59.6 Å². The minimum absolute atomic E-state index is 0.0281. The van der Waals surface area contributed by atoms with Gasteiger partial charge in [-0.25, -0.2) is 0 Å². The molecule has 0 aromatic heterocycles. The van der Waals surface area contributed by atoms with Gasteiger partial charge in [0.15, 0.2) is 11.5 Å². The van der Waals surface area contributed by atoms with Crippen LogP contribution in [0.3, 0.4) is 0 Å². The van der Waals surface area contributed by atoms with Gasteiger partial charge in [0.25, 0.3) is 0 Å². The minimum Gasteiger partial charge on any atom is -0.493 e. The molecular weight excluding hydrogens is 316 g/mol. The summed E-state index contributed by atoms with van der Waals surface area (Å²) in [5, 5.41) is 6.08. The molecule has 0 aliphatic carbocycles. The molecule has 0 bridgehead atoms. The molecule has 0 aliphatic rings. The van der Waals surface area contributed by atoms with E-state index in [0.29, 0.717) is 18.0 Å². The van der Waals surface area contributed by atoms with Gasteiger partial charge in [0.2, 0.25) is 5.91 Å². The maximum absolute atomic E-state index is 12.0. The van der Waals surface area contributed by atoms with Crippen molar-refractivity contribution in [2.75, 3.05) is 32.6 Å². The van der Waals surface area contributed by atoms with Crippen LogP contribution >= 0.6 is 0 Å². The summed E-state index contributed by atoms with van der Waals surface area (Å²) in [7, 11) is 3.22. The first-order valence-corrected chi connectivity index (χ1v) is 8.31. The first kappa shape index (κ1) is 18.6. The number of benzene rings is 2. The van der Waals surface area contributed by atoms with Crippen molar-refractivity contribution in [3.63, 3.8) is 0 Å². The van der Waals surface area contributed by atoms with Crippen LogP contribution in [0.2, 0.25) is 0 Å². The number of rotatable bonds is 8. The summed E-state index contributed by atoms with van der Waals surface area (Å²) in [5.74, 6) is 1.37. The average Bonchev–Trinajstić information content (AvgIpc) is 2.59. The predicted molar refractivity (Wildman–Crippen MR) is 101 cm³/mol. The van der Waals surface area contributed by atoms with Crippen molar-refractivity contribution in [1.29, 1.82) is 0 Å². The summed E-state index contributed by atoms with van der Waals surface area (Å²) in [6, 6.07) is 11.9. The molecule has 0 fully saturated rings. The molecule has 0 unspecified atom stereocenters. The van der Waals surface area contributed by atoms with E-state index in [4.69, 9.17) is 9.47 Å². The lowest BCUT2D eigenvalue weighted by molar-refractivity contribution is -0.119. The Bertz CT molecular complexity index is 709. The van der Waals surface area contributed by atoms with E-state index in [9.17, 15) is 4.79 Å². The molecule has 0 aliphatic heterocycles. The van der Waals surface area contributed by atoms with E-state index in [2.05, 4.69) is 16.7 Å². The lowest BCUT2D eigenvalue weighted by Gasteiger charge is -2.11. The molecule has 2 aromatic carbocycles. The summed E-state index contributed by atoms with van der Waals surface area (Å²) in [6.45, 7) is 4.92. The minimum atomic E-state index is -0.0281. The van der Waals surface area contributed by atoms with Gasteiger partial charge in [-0.1, -0.05) is 12.1 Å². The first-order chi connectivity index (χ1) is 12.0. The normalized spacial score (nSPS) is 10.2. The quantitative estimate of drug-likeness (QED) is 0.774. The number of anilines is 1. The van der Waals surface area contributed by atoms with E-state index < -0.39 is 0 Å². The van der Waals surface area contributed by atoms with Gasteiger partial charge < -0.3 is 20.1 Å². The Morgan fingerprint density at radius 3 is 2.28 bits per heavy atom. The molecule has 25 heavy (non-hydrogen) atoms. The molecular formula is C20H26N2O3. The Morgan fingerprint density at radius 1 is 0.960 bits per heavy atom. The van der Waals surface area contributed by atoms with Gasteiger partial charge in [0.05, 0.1) is 20.8 Å². The smallest absolute Gasteiger partial charge is 0.239 e. The molecule has 0 heterocycles. The molecule has 2 rings (SSSR count). The van der Waals surface area contributed by atoms with Gasteiger partial charge in [-0.3, -0.25) is 4.79 Å². The van der Waals surface area contributed by atoms with Gasteiger partial charge >= 0.3 is 0 Å². The molecule has 1 amide bonds. The van der Waals surface area contributed by atoms with Crippen LogP contribution in [0.15, 0.2) is 36.4 Å². The molecule has 134 valence electrons. The standard InChI is InChI=1S/C20H26N2O3/c1-14-9-15(2)11-17(10-14)22-13-20(23)21-8-7-16-5-6-18(24-3)19(12-16)25-4/h5-6,9-12,22H,7-8,13H2,1-4H3,(H,21,23). The lowest BCUT2D eigenvalue weighted by atomic mass is 10.1. The van der Waals surface area contributed by atoms with Crippen LogP contribution in [-0.2, 0) is 11.2 Å². The number of ether oxygens (including phenoxy) is 2. The number of hydrogen-bond donors (Lipinski definition) is 2. The molecule has 0 radical (unpaired) electrons. The molecule has 0 spiro atoms. The van der Waals surface area contributed by atoms with Gasteiger partial charge in [0, 0.05) is 12.2 Å². The molecule has 5 nitrogen and oxygen atoms in total. The fourth-order valence-corrected chi connectivity index (χ4v) is 2.70. The largest absolute Gasteiger partial charge is 0.493 e. The Labute approximate surface area is 149 Å². The van der Waals surface area contributed by atoms with Crippen molar-refractivity contribution in [2.24, 2.45) is 0 Å². The highest BCUT2D eigenvalue weighted by atomic mass is 16.5. The lowest BCUT2D eigenvalue weighted by Crippen LogP contribution is -2.31. The number of hydrogen-bond acceptors (Lipinski definition) is 4. The maximum atomic E-state index is 12.0. The van der Waals surface area contributed by atoms with Crippen molar-refractivity contribution >= 4 is 11.6 Å². The van der Waals surface area contributed by atoms with Crippen LogP contribution in [0.25, 0.3) is 0 Å². The zero-order chi connectivity index (χ0) is 18.2. The predicted octanol–water partition coefficient (Wildman–Crippen LogP) is 3.09. The molecule has 2 N–H and O–H groups in total. The Balaban J connectivity index is 1.78. The van der Waals surface area contributed by atoms with Crippen LogP contribution in [0, 0.1) is 13.8 Å². The first-order valence-electron chi connectivity index (χ1n) is 8.31. The second kappa shape index (κ2) is 8.97. The highest BCUT2D eigenvalue weighted by molar-refractivity contribution is 5.80. The summed E-state index contributed by atoms with van der Waals surface area (Å²) in [6.07, 6.45) is 0.732. The van der Waals surface area contributed by atoms with E-state index >= 15 is 0 Å². The third-order valence-electron chi connectivity index (χ3n) is 3.86.